The molecule has 0 aliphatic rings. The van der Waals surface area contributed by atoms with Crippen LogP contribution in [0.25, 0.3) is 11.4 Å². The minimum atomic E-state index is -0.160. The van der Waals surface area contributed by atoms with E-state index in [1.54, 1.807) is 30.1 Å². The van der Waals surface area contributed by atoms with Crippen molar-refractivity contribution in [2.24, 2.45) is 7.05 Å². The lowest BCUT2D eigenvalue weighted by Crippen LogP contribution is -2.30. The molecule has 8 nitrogen and oxygen atoms in total. The van der Waals surface area contributed by atoms with Gasteiger partial charge < -0.3 is 10.1 Å². The molecule has 134 valence electrons. The van der Waals surface area contributed by atoms with Crippen LogP contribution in [0.2, 0.25) is 0 Å². The van der Waals surface area contributed by atoms with Crippen molar-refractivity contribution in [3.05, 3.63) is 54.0 Å². The summed E-state index contributed by atoms with van der Waals surface area (Å²) in [7, 11) is 1.80. The Hall–Kier alpha value is -3.29. The molecule has 1 N–H and O–H groups in total. The van der Waals surface area contributed by atoms with E-state index < -0.39 is 0 Å². The Morgan fingerprint density at radius 1 is 1.23 bits per heavy atom. The Labute approximate surface area is 151 Å². The second kappa shape index (κ2) is 7.73. The zero-order valence-corrected chi connectivity index (χ0v) is 14.9. The first kappa shape index (κ1) is 17.5. The first-order chi connectivity index (χ1) is 12.5. The molecule has 26 heavy (non-hydrogen) atoms. The van der Waals surface area contributed by atoms with Crippen LogP contribution in [0, 0.1) is 0 Å². The summed E-state index contributed by atoms with van der Waals surface area (Å²) in [5, 5.41) is 11.0. The maximum absolute atomic E-state index is 11.9. The lowest BCUT2D eigenvalue weighted by Gasteiger charge is -2.09. The quantitative estimate of drug-likeness (QED) is 0.729. The molecule has 0 radical (unpaired) electrons. The first-order valence-electron chi connectivity index (χ1n) is 8.24. The van der Waals surface area contributed by atoms with Crippen LogP contribution in [0.4, 0.5) is 0 Å². The molecule has 0 aliphatic carbocycles. The van der Waals surface area contributed by atoms with Gasteiger partial charge in [0.1, 0.15) is 18.0 Å². The summed E-state index contributed by atoms with van der Waals surface area (Å²) >= 11 is 0. The summed E-state index contributed by atoms with van der Waals surface area (Å²) in [6.07, 6.45) is 3.20. The molecule has 3 rings (SSSR count). The Bertz CT molecular complexity index is 874. The summed E-state index contributed by atoms with van der Waals surface area (Å²) < 4.78 is 7.39. The van der Waals surface area contributed by atoms with Gasteiger partial charge in [0.25, 0.3) is 5.91 Å². The zero-order valence-electron chi connectivity index (χ0n) is 14.9. The Morgan fingerprint density at radius 2 is 2.08 bits per heavy atom. The van der Waals surface area contributed by atoms with Crippen molar-refractivity contribution in [3.63, 3.8) is 0 Å². The topological polar surface area (TPSA) is 94.8 Å². The molecule has 0 atom stereocenters. The third-order valence-corrected chi connectivity index (χ3v) is 3.63. The second-order valence-electron chi connectivity index (χ2n) is 6.03. The van der Waals surface area contributed by atoms with Gasteiger partial charge in [-0.3, -0.25) is 9.78 Å². The maximum atomic E-state index is 11.9. The highest BCUT2D eigenvalue weighted by Crippen LogP contribution is 2.19. The van der Waals surface area contributed by atoms with Gasteiger partial charge in [0.2, 0.25) is 5.88 Å². The number of hydrogen-bond donors (Lipinski definition) is 1. The van der Waals surface area contributed by atoms with Gasteiger partial charge in [-0.05, 0) is 32.0 Å². The fourth-order valence-electron chi connectivity index (χ4n) is 2.33. The average Bonchev–Trinajstić information content (AvgIpc) is 3.01. The van der Waals surface area contributed by atoms with Crippen LogP contribution in [0.1, 0.15) is 29.9 Å². The number of aromatic nitrogens is 5. The van der Waals surface area contributed by atoms with Gasteiger partial charge in [-0.1, -0.05) is 11.3 Å². The van der Waals surface area contributed by atoms with Crippen LogP contribution < -0.4 is 10.1 Å². The van der Waals surface area contributed by atoms with Gasteiger partial charge in [-0.15, -0.1) is 5.10 Å². The molecular formula is C18H20N6O2. The molecule has 0 saturated carbocycles. The predicted octanol–water partition coefficient (Wildman–Crippen LogP) is 1.99. The van der Waals surface area contributed by atoms with E-state index in [2.05, 4.69) is 25.6 Å². The highest BCUT2D eigenvalue weighted by atomic mass is 16.5. The van der Waals surface area contributed by atoms with Crippen LogP contribution in [0.3, 0.4) is 0 Å². The summed E-state index contributed by atoms with van der Waals surface area (Å²) in [5.74, 6) is 0.256. The van der Waals surface area contributed by atoms with Gasteiger partial charge in [-0.25, -0.2) is 9.67 Å². The molecule has 0 spiro atoms. The molecule has 0 saturated heterocycles. The number of carbonyl (C=O) groups excluding carboxylic acids is 1. The van der Waals surface area contributed by atoms with E-state index in [9.17, 15) is 4.79 Å². The van der Waals surface area contributed by atoms with Gasteiger partial charge in [0.15, 0.2) is 0 Å². The van der Waals surface area contributed by atoms with E-state index in [-0.39, 0.29) is 18.6 Å². The van der Waals surface area contributed by atoms with Crippen molar-refractivity contribution in [2.45, 2.75) is 26.5 Å². The molecule has 1 amide bonds. The Kier molecular flexibility index (Phi) is 5.21. The summed E-state index contributed by atoms with van der Waals surface area (Å²) in [6.45, 7) is 4.05. The Balaban J connectivity index is 1.70. The minimum Gasteiger partial charge on any atom is -0.471 e. The van der Waals surface area contributed by atoms with Crippen molar-refractivity contribution < 1.29 is 9.53 Å². The number of pyridine rings is 2. The normalized spacial score (nSPS) is 10.8. The molecular weight excluding hydrogens is 332 g/mol. The van der Waals surface area contributed by atoms with E-state index in [1.165, 1.54) is 6.20 Å². The van der Waals surface area contributed by atoms with E-state index in [0.717, 1.165) is 11.4 Å². The number of nitrogens with one attached hydrogen (secondary N) is 1. The van der Waals surface area contributed by atoms with Gasteiger partial charge in [0.05, 0.1) is 11.3 Å². The van der Waals surface area contributed by atoms with E-state index in [0.29, 0.717) is 17.1 Å². The zero-order chi connectivity index (χ0) is 18.5. The fraction of sp³-hybridized carbons (Fsp3) is 0.278. The SMILES string of the molecule is CC(C)NC(=O)c1ccc(OCc2c(-c3ccccn3)nnn2C)nc1. The molecule has 0 bridgehead atoms. The van der Waals surface area contributed by atoms with Crippen molar-refractivity contribution in [2.75, 3.05) is 0 Å². The van der Waals surface area contributed by atoms with Crippen molar-refractivity contribution >= 4 is 5.91 Å². The molecule has 8 heteroatoms. The van der Waals surface area contributed by atoms with Gasteiger partial charge in [0, 0.05) is 31.5 Å². The highest BCUT2D eigenvalue weighted by molar-refractivity contribution is 5.94. The molecule has 0 aliphatic heterocycles. The number of aryl methyl sites for hydroxylation is 1. The number of rotatable bonds is 6. The van der Waals surface area contributed by atoms with Crippen LogP contribution in [-0.2, 0) is 13.7 Å². The number of hydrogen-bond acceptors (Lipinski definition) is 6. The van der Waals surface area contributed by atoms with E-state index in [4.69, 9.17) is 4.74 Å². The number of ether oxygens (including phenoxy) is 1. The number of amides is 1. The van der Waals surface area contributed by atoms with Crippen LogP contribution >= 0.6 is 0 Å². The van der Waals surface area contributed by atoms with Crippen LogP contribution in [0.5, 0.6) is 5.88 Å². The van der Waals surface area contributed by atoms with Gasteiger partial charge >= 0.3 is 0 Å². The van der Waals surface area contributed by atoms with Crippen LogP contribution in [-0.4, -0.2) is 36.9 Å². The van der Waals surface area contributed by atoms with E-state index in [1.807, 2.05) is 32.0 Å². The van der Waals surface area contributed by atoms with Crippen LogP contribution in [0.15, 0.2) is 42.7 Å². The monoisotopic (exact) mass is 352 g/mol. The van der Waals surface area contributed by atoms with Crippen molar-refractivity contribution in [1.29, 1.82) is 0 Å². The number of nitrogens with zero attached hydrogens (tertiary/aromatic N) is 5. The highest BCUT2D eigenvalue weighted by Gasteiger charge is 2.15. The predicted molar refractivity (Wildman–Crippen MR) is 95.4 cm³/mol. The second-order valence-corrected chi connectivity index (χ2v) is 6.03. The molecule has 0 aromatic carbocycles. The third-order valence-electron chi connectivity index (χ3n) is 3.63. The largest absolute Gasteiger partial charge is 0.471 e. The summed E-state index contributed by atoms with van der Waals surface area (Å²) in [5.41, 5.74) is 2.67. The lowest BCUT2D eigenvalue weighted by molar-refractivity contribution is 0.0942. The Morgan fingerprint density at radius 3 is 2.73 bits per heavy atom. The third kappa shape index (κ3) is 4.02. The standard InChI is InChI=1S/C18H20N6O2/c1-12(2)21-18(25)13-7-8-16(20-10-13)26-11-15-17(22-23-24(15)3)14-6-4-5-9-19-14/h4-10,12H,11H2,1-3H3,(H,21,25). The molecule has 0 unspecified atom stereocenters. The number of carbonyl (C=O) groups is 1. The lowest BCUT2D eigenvalue weighted by atomic mass is 10.2. The molecule has 0 fully saturated rings. The minimum absolute atomic E-state index is 0.0702. The van der Waals surface area contributed by atoms with Crippen molar-refractivity contribution in [1.82, 2.24) is 30.3 Å². The smallest absolute Gasteiger partial charge is 0.253 e. The van der Waals surface area contributed by atoms with Crippen molar-refractivity contribution in [3.8, 4) is 17.3 Å². The summed E-state index contributed by atoms with van der Waals surface area (Å²) in [6, 6.07) is 9.02. The molecule has 3 aromatic rings. The van der Waals surface area contributed by atoms with Gasteiger partial charge in [-0.2, -0.15) is 0 Å². The average molecular weight is 352 g/mol. The first-order valence-corrected chi connectivity index (χ1v) is 8.24. The molecule has 3 heterocycles. The van der Waals surface area contributed by atoms with E-state index >= 15 is 0 Å². The molecule has 3 aromatic heterocycles. The fourth-order valence-corrected chi connectivity index (χ4v) is 2.33. The maximum Gasteiger partial charge on any atom is 0.253 e. The summed E-state index contributed by atoms with van der Waals surface area (Å²) in [4.78, 5) is 20.4.